The summed E-state index contributed by atoms with van der Waals surface area (Å²) < 4.78 is 26.2. The van der Waals surface area contributed by atoms with Gasteiger partial charge in [-0.05, 0) is 30.2 Å². The number of nitrogens with zero attached hydrogens (tertiary/aromatic N) is 1. The number of hydrogen-bond donors (Lipinski definition) is 3. The normalized spacial score (nSPS) is 11.6. The average molecular weight is 280 g/mol. The van der Waals surface area contributed by atoms with E-state index in [0.717, 1.165) is 17.5 Å². The second-order valence-corrected chi connectivity index (χ2v) is 5.84. The number of hydrogen-bond acceptors (Lipinski definition) is 4. The van der Waals surface area contributed by atoms with Crippen LogP contribution in [0.1, 0.15) is 11.1 Å². The Hall–Kier alpha value is -1.70. The van der Waals surface area contributed by atoms with Crippen molar-refractivity contribution in [2.75, 3.05) is 6.54 Å². The quantitative estimate of drug-likeness (QED) is 0.712. The van der Waals surface area contributed by atoms with Crippen molar-refractivity contribution < 1.29 is 8.42 Å². The summed E-state index contributed by atoms with van der Waals surface area (Å²) in [5.74, 6) is 0. The number of nitrogens with two attached hydrogens (primary N) is 1. The number of aromatic amines is 1. The summed E-state index contributed by atoms with van der Waals surface area (Å²) in [6, 6.07) is 9.09. The first-order valence-corrected chi connectivity index (χ1v) is 7.37. The fraction of sp³-hybridized carbons (Fsp3) is 0.250. The lowest BCUT2D eigenvalue weighted by Crippen LogP contribution is -2.23. The van der Waals surface area contributed by atoms with Crippen LogP contribution in [0.2, 0.25) is 0 Å². The highest BCUT2D eigenvalue weighted by Gasteiger charge is 2.14. The summed E-state index contributed by atoms with van der Waals surface area (Å²) in [4.78, 5) is 0. The lowest BCUT2D eigenvalue weighted by atomic mass is 10.1. The fourth-order valence-electron chi connectivity index (χ4n) is 1.64. The Bertz CT molecular complexity index is 606. The molecule has 0 saturated heterocycles. The zero-order valence-corrected chi connectivity index (χ0v) is 11.2. The maximum Gasteiger partial charge on any atom is 0.257 e. The molecule has 0 saturated carbocycles. The highest BCUT2D eigenvalue weighted by molar-refractivity contribution is 7.89. The monoisotopic (exact) mass is 280 g/mol. The van der Waals surface area contributed by atoms with Crippen LogP contribution in [0.15, 0.2) is 41.6 Å². The molecule has 0 aliphatic carbocycles. The fourth-order valence-corrected chi connectivity index (χ4v) is 2.56. The van der Waals surface area contributed by atoms with Crippen molar-refractivity contribution in [3.05, 3.63) is 47.7 Å². The van der Waals surface area contributed by atoms with E-state index in [1.54, 1.807) is 0 Å². The van der Waals surface area contributed by atoms with Crippen molar-refractivity contribution in [1.82, 2.24) is 14.9 Å². The second kappa shape index (κ2) is 5.96. The second-order valence-electron chi connectivity index (χ2n) is 4.10. The molecule has 0 aliphatic heterocycles. The minimum atomic E-state index is -3.52. The van der Waals surface area contributed by atoms with Gasteiger partial charge in [-0.25, -0.2) is 13.1 Å². The Balaban J connectivity index is 1.99. The predicted molar refractivity (Wildman–Crippen MR) is 71.8 cm³/mol. The zero-order valence-electron chi connectivity index (χ0n) is 10.3. The number of sulfonamides is 1. The highest BCUT2D eigenvalue weighted by atomic mass is 32.2. The molecule has 0 bridgehead atoms. The molecular formula is C12H16N4O2S. The number of rotatable bonds is 6. The van der Waals surface area contributed by atoms with Gasteiger partial charge in [0.25, 0.3) is 10.0 Å². The van der Waals surface area contributed by atoms with E-state index in [1.165, 1.54) is 12.3 Å². The molecule has 2 aromatic rings. The summed E-state index contributed by atoms with van der Waals surface area (Å²) in [5.41, 5.74) is 7.50. The number of H-pyrrole nitrogens is 1. The van der Waals surface area contributed by atoms with Crippen molar-refractivity contribution in [2.45, 2.75) is 18.0 Å². The molecule has 1 heterocycles. The van der Waals surface area contributed by atoms with Crippen LogP contribution in [0.5, 0.6) is 0 Å². The van der Waals surface area contributed by atoms with Crippen molar-refractivity contribution >= 4 is 10.0 Å². The van der Waals surface area contributed by atoms with Gasteiger partial charge >= 0.3 is 0 Å². The van der Waals surface area contributed by atoms with Crippen LogP contribution in [0.4, 0.5) is 0 Å². The van der Waals surface area contributed by atoms with Gasteiger partial charge in [0, 0.05) is 6.54 Å². The standard InChI is InChI=1S/C12H16N4O2S/c13-7-5-10-1-3-11(4-2-10)9-15-19(17,18)12-6-8-14-16-12/h1-4,6,8,15H,5,7,9,13H2,(H,14,16). The molecule has 1 aromatic carbocycles. The molecule has 0 atom stereocenters. The average Bonchev–Trinajstić information content (AvgIpc) is 2.93. The molecule has 2 rings (SSSR count). The molecule has 19 heavy (non-hydrogen) atoms. The van der Waals surface area contributed by atoms with Crippen molar-refractivity contribution in [1.29, 1.82) is 0 Å². The van der Waals surface area contributed by atoms with Gasteiger partial charge in [0.2, 0.25) is 0 Å². The first-order valence-electron chi connectivity index (χ1n) is 5.89. The van der Waals surface area contributed by atoms with E-state index in [1.807, 2.05) is 24.3 Å². The van der Waals surface area contributed by atoms with Crippen LogP contribution in [-0.2, 0) is 23.0 Å². The van der Waals surface area contributed by atoms with E-state index in [4.69, 9.17) is 5.73 Å². The molecule has 0 fully saturated rings. The third-order valence-corrected chi connectivity index (χ3v) is 4.02. The Kier molecular flexibility index (Phi) is 4.31. The van der Waals surface area contributed by atoms with E-state index in [0.29, 0.717) is 6.54 Å². The van der Waals surface area contributed by atoms with E-state index < -0.39 is 10.0 Å². The lowest BCUT2D eigenvalue weighted by Gasteiger charge is -2.06. The van der Waals surface area contributed by atoms with Crippen LogP contribution in [0.25, 0.3) is 0 Å². The minimum Gasteiger partial charge on any atom is -0.330 e. The van der Waals surface area contributed by atoms with Gasteiger partial charge in [0.05, 0.1) is 6.20 Å². The molecule has 7 heteroatoms. The summed E-state index contributed by atoms with van der Waals surface area (Å²) in [6.07, 6.45) is 2.22. The molecule has 102 valence electrons. The van der Waals surface area contributed by atoms with Crippen molar-refractivity contribution in [3.8, 4) is 0 Å². The molecule has 0 radical (unpaired) electrons. The van der Waals surface area contributed by atoms with Gasteiger partial charge in [-0.3, -0.25) is 5.10 Å². The number of benzene rings is 1. The van der Waals surface area contributed by atoms with Gasteiger partial charge in [-0.15, -0.1) is 0 Å². The van der Waals surface area contributed by atoms with E-state index >= 15 is 0 Å². The largest absolute Gasteiger partial charge is 0.330 e. The topological polar surface area (TPSA) is 101 Å². The number of aromatic nitrogens is 2. The van der Waals surface area contributed by atoms with E-state index in [-0.39, 0.29) is 11.6 Å². The first-order chi connectivity index (χ1) is 9.12. The SMILES string of the molecule is NCCc1ccc(CNS(=O)(=O)c2ccn[nH]2)cc1. The van der Waals surface area contributed by atoms with Crippen LogP contribution in [0.3, 0.4) is 0 Å². The van der Waals surface area contributed by atoms with Crippen LogP contribution in [-0.4, -0.2) is 25.2 Å². The Morgan fingerprint density at radius 1 is 1.16 bits per heavy atom. The Morgan fingerprint density at radius 2 is 1.84 bits per heavy atom. The number of nitrogens with one attached hydrogen (secondary N) is 2. The first kappa shape index (κ1) is 13.7. The van der Waals surface area contributed by atoms with E-state index in [2.05, 4.69) is 14.9 Å². The zero-order chi connectivity index (χ0) is 13.7. The van der Waals surface area contributed by atoms with Crippen LogP contribution in [0, 0.1) is 0 Å². The van der Waals surface area contributed by atoms with Gasteiger partial charge in [-0.1, -0.05) is 24.3 Å². The summed E-state index contributed by atoms with van der Waals surface area (Å²) in [6.45, 7) is 0.843. The summed E-state index contributed by atoms with van der Waals surface area (Å²) in [5, 5.41) is 6.11. The summed E-state index contributed by atoms with van der Waals surface area (Å²) in [7, 11) is -3.52. The maximum atomic E-state index is 11.8. The van der Waals surface area contributed by atoms with Gasteiger partial charge in [0.1, 0.15) is 0 Å². The highest BCUT2D eigenvalue weighted by Crippen LogP contribution is 2.07. The van der Waals surface area contributed by atoms with E-state index in [9.17, 15) is 8.42 Å². The molecule has 0 amide bonds. The molecule has 0 aliphatic rings. The van der Waals surface area contributed by atoms with Crippen molar-refractivity contribution in [2.24, 2.45) is 5.73 Å². The molecule has 0 unspecified atom stereocenters. The third-order valence-electron chi connectivity index (χ3n) is 2.69. The molecule has 6 nitrogen and oxygen atoms in total. The van der Waals surface area contributed by atoms with Gasteiger partial charge < -0.3 is 5.73 Å². The van der Waals surface area contributed by atoms with Gasteiger partial charge in [0.15, 0.2) is 5.03 Å². The summed E-state index contributed by atoms with van der Waals surface area (Å²) >= 11 is 0. The lowest BCUT2D eigenvalue weighted by molar-refractivity contribution is 0.577. The van der Waals surface area contributed by atoms with Crippen LogP contribution >= 0.6 is 0 Å². The Labute approximate surface area is 112 Å². The van der Waals surface area contributed by atoms with Gasteiger partial charge in [-0.2, -0.15) is 5.10 Å². The molecule has 1 aromatic heterocycles. The van der Waals surface area contributed by atoms with Crippen molar-refractivity contribution in [3.63, 3.8) is 0 Å². The Morgan fingerprint density at radius 3 is 2.42 bits per heavy atom. The molecule has 0 spiro atoms. The third kappa shape index (κ3) is 3.63. The maximum absolute atomic E-state index is 11.8. The van der Waals surface area contributed by atoms with Crippen LogP contribution < -0.4 is 10.5 Å². The predicted octanol–water partition coefficient (Wildman–Crippen LogP) is 0.389. The molecular weight excluding hydrogens is 264 g/mol. The molecule has 4 N–H and O–H groups in total. The minimum absolute atomic E-state index is 0.0623. The smallest absolute Gasteiger partial charge is 0.257 e.